The van der Waals surface area contributed by atoms with Crippen molar-refractivity contribution >= 4 is 5.91 Å². The van der Waals surface area contributed by atoms with E-state index < -0.39 is 11.6 Å². The second-order valence-corrected chi connectivity index (χ2v) is 10.9. The molecule has 0 N–H and O–H groups in total. The van der Waals surface area contributed by atoms with Gasteiger partial charge in [0, 0.05) is 29.0 Å². The minimum Gasteiger partial charge on any atom is -0.497 e. The second kappa shape index (κ2) is 10.1. The first-order chi connectivity index (χ1) is 19.7. The largest absolute Gasteiger partial charge is 0.497 e. The number of benzene rings is 3. The highest BCUT2D eigenvalue weighted by atomic mass is 19.1. The first-order valence-electron chi connectivity index (χ1n) is 13.3. The van der Waals surface area contributed by atoms with Crippen LogP contribution >= 0.6 is 0 Å². The maximum absolute atomic E-state index is 14.8. The Morgan fingerprint density at radius 2 is 1.76 bits per heavy atom. The molecule has 0 unspecified atom stereocenters. The van der Waals surface area contributed by atoms with Crippen LogP contribution in [0.4, 0.5) is 8.78 Å². The van der Waals surface area contributed by atoms with Crippen LogP contribution in [0.1, 0.15) is 52.3 Å². The van der Waals surface area contributed by atoms with E-state index >= 15 is 0 Å². The van der Waals surface area contributed by atoms with Gasteiger partial charge in [-0.1, -0.05) is 32.0 Å². The zero-order valence-electron chi connectivity index (χ0n) is 23.3. The number of methoxy groups -OCH3 is 2. The summed E-state index contributed by atoms with van der Waals surface area (Å²) in [6.07, 6.45) is 0.260. The van der Waals surface area contributed by atoms with E-state index in [1.165, 1.54) is 18.2 Å². The van der Waals surface area contributed by atoms with Crippen LogP contribution in [0.5, 0.6) is 17.2 Å². The first-order valence-corrected chi connectivity index (χ1v) is 13.3. The maximum Gasteiger partial charge on any atom is 0.258 e. The van der Waals surface area contributed by atoms with E-state index in [2.05, 4.69) is 23.8 Å². The summed E-state index contributed by atoms with van der Waals surface area (Å²) in [5, 5.41) is 0. The predicted octanol–water partition coefficient (Wildman–Crippen LogP) is 5.86. The molecular formula is C32H29F2N3O4. The molecular weight excluding hydrogens is 528 g/mol. The van der Waals surface area contributed by atoms with E-state index in [1.807, 2.05) is 24.3 Å². The zero-order chi connectivity index (χ0) is 28.9. The number of carbonyl (C=O) groups is 1. The molecule has 41 heavy (non-hydrogen) atoms. The average molecular weight is 558 g/mol. The molecule has 1 amide bonds. The smallest absolute Gasteiger partial charge is 0.258 e. The number of hydrogen-bond donors (Lipinski definition) is 0. The molecule has 2 aliphatic heterocycles. The van der Waals surface area contributed by atoms with E-state index in [-0.39, 0.29) is 42.2 Å². The number of carbonyl (C=O) groups excluding carboxylic acids is 1. The van der Waals surface area contributed by atoms with Crippen molar-refractivity contribution in [2.24, 2.45) is 0 Å². The number of amides is 1. The Morgan fingerprint density at radius 1 is 0.976 bits per heavy atom. The summed E-state index contributed by atoms with van der Waals surface area (Å²) in [5.74, 6) is 0.110. The number of rotatable bonds is 7. The van der Waals surface area contributed by atoms with Gasteiger partial charge in [-0.05, 0) is 35.9 Å². The van der Waals surface area contributed by atoms with E-state index in [1.54, 1.807) is 31.3 Å². The second-order valence-electron chi connectivity index (χ2n) is 10.9. The summed E-state index contributed by atoms with van der Waals surface area (Å²) in [5.41, 5.74) is 3.51. The quantitative estimate of drug-likeness (QED) is 0.284. The lowest BCUT2D eigenvalue weighted by Crippen LogP contribution is -2.24. The molecule has 0 saturated carbocycles. The molecule has 0 spiro atoms. The van der Waals surface area contributed by atoms with Crippen molar-refractivity contribution in [3.05, 3.63) is 99.9 Å². The van der Waals surface area contributed by atoms with Crippen LogP contribution in [0.2, 0.25) is 0 Å². The van der Waals surface area contributed by atoms with Crippen LogP contribution in [0.25, 0.3) is 11.4 Å². The monoisotopic (exact) mass is 557 g/mol. The minimum absolute atomic E-state index is 0.0930. The summed E-state index contributed by atoms with van der Waals surface area (Å²) in [4.78, 5) is 24.5. The Morgan fingerprint density at radius 3 is 2.49 bits per heavy atom. The molecule has 6 rings (SSSR count). The maximum atomic E-state index is 14.8. The molecule has 3 heterocycles. The molecule has 0 aliphatic carbocycles. The van der Waals surface area contributed by atoms with E-state index in [0.717, 1.165) is 22.4 Å². The molecule has 2 aliphatic rings. The zero-order valence-corrected chi connectivity index (χ0v) is 23.3. The summed E-state index contributed by atoms with van der Waals surface area (Å²) in [6.45, 7) is 5.22. The number of fused-ring (bicyclic) bond motifs is 2. The third kappa shape index (κ3) is 4.75. The Balaban J connectivity index is 1.41. The molecule has 7 nitrogen and oxygen atoms in total. The van der Waals surface area contributed by atoms with Gasteiger partial charge in [0.25, 0.3) is 5.91 Å². The lowest BCUT2D eigenvalue weighted by Gasteiger charge is -2.18. The number of ether oxygens (including phenoxy) is 3. The molecule has 0 saturated heterocycles. The first kappa shape index (κ1) is 26.7. The standard InChI is InChI=1S/C32H29F2N3O4/c1-32(2)17-41-27-13-18(8-11-21(27)32)12-24-29-25(36-30(35-24)28-22(33)6-5-7-23(28)34)16-37(31(29)38)15-19-9-10-20(39-3)14-26(19)40-4/h5-11,13-14H,12,15-17H2,1-4H3. The highest BCUT2D eigenvalue weighted by molar-refractivity contribution is 5.99. The normalized spacial score (nSPS) is 15.0. The van der Waals surface area contributed by atoms with Gasteiger partial charge in [0.15, 0.2) is 5.82 Å². The van der Waals surface area contributed by atoms with Gasteiger partial charge in [-0.3, -0.25) is 4.79 Å². The molecule has 0 fully saturated rings. The van der Waals surface area contributed by atoms with E-state index in [9.17, 15) is 13.6 Å². The van der Waals surface area contributed by atoms with E-state index in [0.29, 0.717) is 35.1 Å². The van der Waals surface area contributed by atoms with Crippen molar-refractivity contribution < 1.29 is 27.8 Å². The molecule has 210 valence electrons. The Kier molecular flexibility index (Phi) is 6.60. The number of nitrogens with zero attached hydrogens (tertiary/aromatic N) is 3. The number of aromatic nitrogens is 2. The van der Waals surface area contributed by atoms with Crippen molar-refractivity contribution in [1.29, 1.82) is 0 Å². The Bertz CT molecular complexity index is 1670. The van der Waals surface area contributed by atoms with Gasteiger partial charge in [0.2, 0.25) is 0 Å². The predicted molar refractivity (Wildman–Crippen MR) is 148 cm³/mol. The Hall–Kier alpha value is -4.53. The van der Waals surface area contributed by atoms with Crippen molar-refractivity contribution in [1.82, 2.24) is 14.9 Å². The lowest BCUT2D eigenvalue weighted by atomic mass is 9.86. The van der Waals surface area contributed by atoms with Crippen LogP contribution in [-0.4, -0.2) is 41.6 Å². The summed E-state index contributed by atoms with van der Waals surface area (Å²) >= 11 is 0. The van der Waals surface area contributed by atoms with E-state index in [4.69, 9.17) is 14.2 Å². The van der Waals surface area contributed by atoms with Crippen LogP contribution in [0, 0.1) is 11.6 Å². The van der Waals surface area contributed by atoms with Gasteiger partial charge in [-0.2, -0.15) is 0 Å². The fraction of sp³-hybridized carbons (Fsp3) is 0.281. The molecule has 0 bridgehead atoms. The fourth-order valence-electron chi connectivity index (χ4n) is 5.48. The van der Waals surface area contributed by atoms with Crippen molar-refractivity contribution in [2.75, 3.05) is 20.8 Å². The van der Waals surface area contributed by atoms with Crippen LogP contribution < -0.4 is 14.2 Å². The van der Waals surface area contributed by atoms with Crippen LogP contribution in [0.3, 0.4) is 0 Å². The number of hydrogen-bond acceptors (Lipinski definition) is 6. The third-order valence-corrected chi connectivity index (χ3v) is 7.68. The third-order valence-electron chi connectivity index (χ3n) is 7.68. The van der Waals surface area contributed by atoms with Gasteiger partial charge in [-0.25, -0.2) is 18.7 Å². The Labute approximate surface area is 236 Å². The van der Waals surface area contributed by atoms with Crippen molar-refractivity contribution in [3.8, 4) is 28.6 Å². The average Bonchev–Trinajstić information content (AvgIpc) is 3.43. The number of halogens is 2. The minimum atomic E-state index is -0.770. The summed E-state index contributed by atoms with van der Waals surface area (Å²) in [7, 11) is 3.12. The van der Waals surface area contributed by atoms with Crippen molar-refractivity contribution in [3.63, 3.8) is 0 Å². The van der Waals surface area contributed by atoms with Gasteiger partial charge in [0.05, 0.1) is 56.4 Å². The topological polar surface area (TPSA) is 73.8 Å². The fourth-order valence-corrected chi connectivity index (χ4v) is 5.48. The van der Waals surface area contributed by atoms with Crippen LogP contribution in [0.15, 0.2) is 54.6 Å². The van der Waals surface area contributed by atoms with Gasteiger partial charge in [-0.15, -0.1) is 0 Å². The highest BCUT2D eigenvalue weighted by Crippen LogP contribution is 2.39. The highest BCUT2D eigenvalue weighted by Gasteiger charge is 2.35. The molecule has 1 aromatic heterocycles. The molecule has 9 heteroatoms. The molecule has 0 radical (unpaired) electrons. The molecule has 4 aromatic rings. The van der Waals surface area contributed by atoms with Gasteiger partial charge >= 0.3 is 0 Å². The summed E-state index contributed by atoms with van der Waals surface area (Å²) in [6, 6.07) is 15.0. The SMILES string of the molecule is COc1ccc(CN2Cc3nc(-c4c(F)cccc4F)nc(Cc4ccc5c(c4)OCC5(C)C)c3C2=O)c(OC)c1. The molecule has 3 aromatic carbocycles. The van der Waals surface area contributed by atoms with Crippen LogP contribution in [-0.2, 0) is 24.9 Å². The van der Waals surface area contributed by atoms with Crippen molar-refractivity contribution in [2.45, 2.75) is 38.8 Å². The lowest BCUT2D eigenvalue weighted by molar-refractivity contribution is 0.0764. The van der Waals surface area contributed by atoms with Gasteiger partial charge in [0.1, 0.15) is 28.9 Å². The van der Waals surface area contributed by atoms with Gasteiger partial charge < -0.3 is 19.1 Å². The summed E-state index contributed by atoms with van der Waals surface area (Å²) < 4.78 is 46.4. The molecule has 0 atom stereocenters.